The number of carbonyl (C=O) groups excluding carboxylic acids is 1. The van der Waals surface area contributed by atoms with Crippen LogP contribution in [0.2, 0.25) is 0 Å². The molecule has 1 aliphatic rings. The number of carbonyl (C=O) groups is 1. The van der Waals surface area contributed by atoms with Crippen molar-refractivity contribution in [2.45, 2.75) is 55.6 Å². The van der Waals surface area contributed by atoms with E-state index in [0.717, 1.165) is 17.4 Å². The highest BCUT2D eigenvalue weighted by Gasteiger charge is 2.52. The average molecular weight is 431 g/mol. The first-order valence-electron chi connectivity index (χ1n) is 9.43. The average Bonchev–Trinajstić information content (AvgIpc) is 3.11. The lowest BCUT2D eigenvalue weighted by atomic mass is 10.1. The summed E-state index contributed by atoms with van der Waals surface area (Å²) in [4.78, 5) is 13.1. The summed E-state index contributed by atoms with van der Waals surface area (Å²) in [6.45, 7) is 4.25. The third-order valence-corrected chi connectivity index (χ3v) is 9.44. The van der Waals surface area contributed by atoms with E-state index in [9.17, 15) is 21.6 Å². The van der Waals surface area contributed by atoms with Gasteiger partial charge in [0.1, 0.15) is 0 Å². The maximum absolute atomic E-state index is 13.4. The van der Waals surface area contributed by atoms with Crippen molar-refractivity contribution in [3.05, 3.63) is 29.3 Å². The summed E-state index contributed by atoms with van der Waals surface area (Å²) in [7, 11) is -5.64. The SMILES string of the molecule is Cc1ccc(S(=O)(=O)C2(C(=O)NCCCN(C)S(C)(=O)=O)CCCC2)cc1C. The number of rotatable bonds is 8. The van der Waals surface area contributed by atoms with Gasteiger partial charge in [0.25, 0.3) is 0 Å². The first-order valence-corrected chi connectivity index (χ1v) is 12.8. The molecule has 0 aromatic heterocycles. The summed E-state index contributed by atoms with van der Waals surface area (Å²) in [5.74, 6) is -0.481. The Morgan fingerprint density at radius 1 is 1.11 bits per heavy atom. The van der Waals surface area contributed by atoms with Crippen LogP contribution in [0.4, 0.5) is 0 Å². The summed E-state index contributed by atoms with van der Waals surface area (Å²) in [6, 6.07) is 4.98. The smallest absolute Gasteiger partial charge is 0.241 e. The zero-order chi connectivity index (χ0) is 21.2. The van der Waals surface area contributed by atoms with Crippen molar-refractivity contribution in [1.29, 1.82) is 0 Å². The molecule has 0 spiro atoms. The molecule has 1 aromatic rings. The molecule has 1 saturated carbocycles. The molecule has 9 heteroatoms. The molecule has 1 aliphatic carbocycles. The normalized spacial score (nSPS) is 17.0. The third kappa shape index (κ3) is 4.58. The van der Waals surface area contributed by atoms with Gasteiger partial charge in [-0.15, -0.1) is 0 Å². The number of sulfonamides is 1. The van der Waals surface area contributed by atoms with Crippen LogP contribution in [0, 0.1) is 13.8 Å². The maximum atomic E-state index is 13.4. The highest BCUT2D eigenvalue weighted by molar-refractivity contribution is 7.93. The van der Waals surface area contributed by atoms with E-state index in [4.69, 9.17) is 0 Å². The molecule has 7 nitrogen and oxygen atoms in total. The van der Waals surface area contributed by atoms with Crippen molar-refractivity contribution in [2.75, 3.05) is 26.4 Å². The van der Waals surface area contributed by atoms with E-state index in [1.54, 1.807) is 18.2 Å². The Kier molecular flexibility index (Phi) is 6.94. The van der Waals surface area contributed by atoms with Crippen molar-refractivity contribution >= 4 is 25.8 Å². The van der Waals surface area contributed by atoms with Crippen LogP contribution in [0.25, 0.3) is 0 Å². The monoisotopic (exact) mass is 430 g/mol. The second kappa shape index (κ2) is 8.51. The lowest BCUT2D eigenvalue weighted by Gasteiger charge is -2.28. The van der Waals surface area contributed by atoms with Crippen molar-refractivity contribution in [3.8, 4) is 0 Å². The van der Waals surface area contributed by atoms with Gasteiger partial charge >= 0.3 is 0 Å². The topological polar surface area (TPSA) is 101 Å². The van der Waals surface area contributed by atoms with Gasteiger partial charge in [-0.2, -0.15) is 0 Å². The fourth-order valence-electron chi connectivity index (χ4n) is 3.50. The molecule has 0 saturated heterocycles. The van der Waals surface area contributed by atoms with Crippen LogP contribution in [-0.4, -0.2) is 58.2 Å². The summed E-state index contributed by atoms with van der Waals surface area (Å²) >= 11 is 0. The molecule has 1 fully saturated rings. The Morgan fingerprint density at radius 2 is 1.71 bits per heavy atom. The van der Waals surface area contributed by atoms with Crippen LogP contribution in [0.1, 0.15) is 43.2 Å². The van der Waals surface area contributed by atoms with E-state index in [2.05, 4.69) is 5.32 Å². The summed E-state index contributed by atoms with van der Waals surface area (Å²) in [5, 5.41) is 2.73. The third-order valence-electron chi connectivity index (χ3n) is 5.63. The van der Waals surface area contributed by atoms with E-state index >= 15 is 0 Å². The fraction of sp³-hybridized carbons (Fsp3) is 0.632. The van der Waals surface area contributed by atoms with Crippen LogP contribution >= 0.6 is 0 Å². The molecule has 0 atom stereocenters. The number of sulfone groups is 1. The molecular weight excluding hydrogens is 400 g/mol. The van der Waals surface area contributed by atoms with Crippen molar-refractivity contribution < 1.29 is 21.6 Å². The van der Waals surface area contributed by atoms with Gasteiger partial charge in [0, 0.05) is 20.1 Å². The predicted octanol–water partition coefficient (Wildman–Crippen LogP) is 1.79. The summed E-state index contributed by atoms with van der Waals surface area (Å²) in [6.07, 6.45) is 3.52. The highest BCUT2D eigenvalue weighted by Crippen LogP contribution is 2.41. The zero-order valence-corrected chi connectivity index (χ0v) is 18.6. The minimum atomic E-state index is -3.83. The number of benzene rings is 1. The number of nitrogens with one attached hydrogen (secondary N) is 1. The first-order chi connectivity index (χ1) is 12.9. The van der Waals surface area contributed by atoms with Gasteiger partial charge < -0.3 is 5.32 Å². The quantitative estimate of drug-likeness (QED) is 0.634. The molecule has 28 heavy (non-hydrogen) atoms. The van der Waals surface area contributed by atoms with E-state index < -0.39 is 30.5 Å². The molecule has 158 valence electrons. The molecule has 0 heterocycles. The van der Waals surface area contributed by atoms with Gasteiger partial charge in [-0.3, -0.25) is 4.79 Å². The fourth-order valence-corrected chi connectivity index (χ4v) is 6.13. The van der Waals surface area contributed by atoms with E-state index in [0.29, 0.717) is 32.1 Å². The lowest BCUT2D eigenvalue weighted by Crippen LogP contribution is -2.51. The Balaban J connectivity index is 2.16. The van der Waals surface area contributed by atoms with Crippen LogP contribution in [0.15, 0.2) is 23.1 Å². The first kappa shape index (κ1) is 22.8. The van der Waals surface area contributed by atoms with Crippen molar-refractivity contribution in [3.63, 3.8) is 0 Å². The van der Waals surface area contributed by atoms with Crippen molar-refractivity contribution in [2.24, 2.45) is 0 Å². The molecule has 0 aliphatic heterocycles. The van der Waals surface area contributed by atoms with Crippen LogP contribution in [-0.2, 0) is 24.7 Å². The van der Waals surface area contributed by atoms with Crippen LogP contribution < -0.4 is 5.32 Å². The standard InChI is InChI=1S/C19H30N2O5S2/c1-15-8-9-17(14-16(15)2)28(25,26)19(10-5-6-11-19)18(22)20-12-7-13-21(3)27(4,23)24/h8-9,14H,5-7,10-13H2,1-4H3,(H,20,22). The van der Waals surface area contributed by atoms with Gasteiger partial charge in [-0.1, -0.05) is 18.9 Å². The van der Waals surface area contributed by atoms with Gasteiger partial charge in [-0.05, 0) is 56.4 Å². The molecule has 1 amide bonds. The van der Waals surface area contributed by atoms with Gasteiger partial charge in [0.2, 0.25) is 15.9 Å². The molecule has 0 radical (unpaired) electrons. The summed E-state index contributed by atoms with van der Waals surface area (Å²) in [5.41, 5.74) is 1.87. The zero-order valence-electron chi connectivity index (χ0n) is 17.0. The second-order valence-corrected chi connectivity index (χ2v) is 12.0. The Morgan fingerprint density at radius 3 is 2.25 bits per heavy atom. The molecule has 0 bridgehead atoms. The maximum Gasteiger partial charge on any atom is 0.241 e. The van der Waals surface area contributed by atoms with Crippen molar-refractivity contribution in [1.82, 2.24) is 9.62 Å². The Hall–Kier alpha value is -1.45. The minimum absolute atomic E-state index is 0.185. The lowest BCUT2D eigenvalue weighted by molar-refractivity contribution is -0.123. The second-order valence-electron chi connectivity index (χ2n) is 7.64. The largest absolute Gasteiger partial charge is 0.355 e. The predicted molar refractivity (Wildman–Crippen MR) is 109 cm³/mol. The summed E-state index contributed by atoms with van der Waals surface area (Å²) < 4.78 is 49.4. The number of hydrogen-bond donors (Lipinski definition) is 1. The number of amides is 1. The number of aryl methyl sites for hydroxylation is 2. The van der Waals surface area contributed by atoms with E-state index in [1.165, 1.54) is 11.4 Å². The van der Waals surface area contributed by atoms with Crippen LogP contribution in [0.5, 0.6) is 0 Å². The van der Waals surface area contributed by atoms with E-state index in [1.807, 2.05) is 13.8 Å². The molecule has 0 unspecified atom stereocenters. The van der Waals surface area contributed by atoms with Gasteiger partial charge in [0.05, 0.1) is 11.2 Å². The van der Waals surface area contributed by atoms with E-state index in [-0.39, 0.29) is 18.0 Å². The molecule has 1 N–H and O–H groups in total. The van der Waals surface area contributed by atoms with Crippen LogP contribution in [0.3, 0.4) is 0 Å². The molecule has 1 aromatic carbocycles. The molecule has 2 rings (SSSR count). The Labute approximate surface area is 168 Å². The van der Waals surface area contributed by atoms with Gasteiger partial charge in [0.15, 0.2) is 14.6 Å². The minimum Gasteiger partial charge on any atom is -0.355 e. The number of nitrogens with zero attached hydrogens (tertiary/aromatic N) is 1. The Bertz CT molecular complexity index is 933. The highest BCUT2D eigenvalue weighted by atomic mass is 32.2. The molecular formula is C19H30N2O5S2. The van der Waals surface area contributed by atoms with Gasteiger partial charge in [-0.25, -0.2) is 21.1 Å². The number of hydrogen-bond acceptors (Lipinski definition) is 5.